The van der Waals surface area contributed by atoms with Crippen LogP contribution in [0.4, 0.5) is 0 Å². The molecule has 0 aliphatic rings. The van der Waals surface area contributed by atoms with Gasteiger partial charge in [0.1, 0.15) is 16.1 Å². The smallest absolute Gasteiger partial charge is 0.132 e. The normalized spacial score (nSPS) is 12.5. The molecule has 0 unspecified atom stereocenters. The summed E-state index contributed by atoms with van der Waals surface area (Å²) in [7, 11) is 0.984. The molecule has 2 nitrogen and oxygen atoms in total. The topological polar surface area (TPSA) is 17.8 Å². The van der Waals surface area contributed by atoms with E-state index in [1.54, 1.807) is 0 Å². The highest BCUT2D eigenvalue weighted by Crippen LogP contribution is 2.40. The molecular formula is C16H25BrN2Si. The van der Waals surface area contributed by atoms with Crippen molar-refractivity contribution in [3.05, 3.63) is 27.5 Å². The standard InChI is InChI=1S/C16H25BrN2Si/c1-8(2)12-11(17)7-18-16-14(12)13(9(3)4)15(10(5)6)19(16)20/h7-10H,1-6,20H3. The second-order valence-corrected chi connectivity index (χ2v) is 8.29. The van der Waals surface area contributed by atoms with Gasteiger partial charge in [0, 0.05) is 21.7 Å². The molecule has 4 heteroatoms. The summed E-state index contributed by atoms with van der Waals surface area (Å²) in [4.78, 5) is 4.72. The number of aromatic nitrogens is 2. The van der Waals surface area contributed by atoms with Crippen molar-refractivity contribution < 1.29 is 0 Å². The zero-order valence-electron chi connectivity index (χ0n) is 13.6. The highest BCUT2D eigenvalue weighted by atomic mass is 79.9. The van der Waals surface area contributed by atoms with Crippen LogP contribution in [0.5, 0.6) is 0 Å². The van der Waals surface area contributed by atoms with E-state index in [1.165, 1.54) is 27.9 Å². The van der Waals surface area contributed by atoms with E-state index in [0.717, 1.165) is 14.9 Å². The minimum absolute atomic E-state index is 0.497. The molecule has 0 N–H and O–H groups in total. The number of rotatable bonds is 3. The average Bonchev–Trinajstić information content (AvgIpc) is 2.62. The quantitative estimate of drug-likeness (QED) is 0.753. The molecule has 0 amide bonds. The Morgan fingerprint density at radius 3 is 2.00 bits per heavy atom. The third kappa shape index (κ3) is 2.37. The van der Waals surface area contributed by atoms with E-state index < -0.39 is 0 Å². The predicted molar refractivity (Wildman–Crippen MR) is 95.0 cm³/mol. The van der Waals surface area contributed by atoms with Gasteiger partial charge in [0.25, 0.3) is 0 Å². The maximum atomic E-state index is 4.72. The van der Waals surface area contributed by atoms with Crippen LogP contribution in [0.2, 0.25) is 0 Å². The first-order chi connectivity index (χ1) is 9.27. The summed E-state index contributed by atoms with van der Waals surface area (Å²) in [5, 5.41) is 1.39. The van der Waals surface area contributed by atoms with E-state index in [2.05, 4.69) is 61.7 Å². The van der Waals surface area contributed by atoms with Crippen molar-refractivity contribution in [3.63, 3.8) is 0 Å². The largest absolute Gasteiger partial charge is 0.366 e. The van der Waals surface area contributed by atoms with Gasteiger partial charge in [0.05, 0.1) is 0 Å². The highest BCUT2D eigenvalue weighted by Gasteiger charge is 2.24. The summed E-state index contributed by atoms with van der Waals surface area (Å²) >= 11 is 3.71. The van der Waals surface area contributed by atoms with E-state index in [0.29, 0.717) is 17.8 Å². The van der Waals surface area contributed by atoms with Crippen LogP contribution in [0.1, 0.15) is 76.1 Å². The minimum atomic E-state index is 0.497. The van der Waals surface area contributed by atoms with Gasteiger partial charge in [-0.3, -0.25) is 0 Å². The monoisotopic (exact) mass is 352 g/mol. The van der Waals surface area contributed by atoms with Crippen molar-refractivity contribution >= 4 is 37.4 Å². The van der Waals surface area contributed by atoms with E-state index >= 15 is 0 Å². The van der Waals surface area contributed by atoms with Gasteiger partial charge in [-0.1, -0.05) is 41.5 Å². The summed E-state index contributed by atoms with van der Waals surface area (Å²) in [6, 6.07) is 0. The maximum absolute atomic E-state index is 4.72. The molecule has 2 heterocycles. The van der Waals surface area contributed by atoms with Gasteiger partial charge in [-0.05, 0) is 44.8 Å². The Hall–Kier alpha value is -0.613. The number of hydrogen-bond acceptors (Lipinski definition) is 1. The van der Waals surface area contributed by atoms with Crippen molar-refractivity contribution in [3.8, 4) is 0 Å². The average molecular weight is 353 g/mol. The molecule has 0 saturated heterocycles. The summed E-state index contributed by atoms with van der Waals surface area (Å²) in [5.41, 5.74) is 5.57. The first-order valence-electron chi connectivity index (χ1n) is 7.43. The molecule has 110 valence electrons. The van der Waals surface area contributed by atoms with Crippen LogP contribution in [0.3, 0.4) is 0 Å². The first-order valence-corrected chi connectivity index (χ1v) is 9.12. The van der Waals surface area contributed by atoms with Crippen molar-refractivity contribution in [2.75, 3.05) is 0 Å². The van der Waals surface area contributed by atoms with Crippen LogP contribution < -0.4 is 0 Å². The number of nitrogens with zero attached hydrogens (tertiary/aromatic N) is 2. The Bertz CT molecular complexity index is 642. The van der Waals surface area contributed by atoms with Crippen LogP contribution >= 0.6 is 15.9 Å². The Morgan fingerprint density at radius 2 is 1.55 bits per heavy atom. The first kappa shape index (κ1) is 15.8. The number of halogens is 1. The number of hydrogen-bond donors (Lipinski definition) is 0. The highest BCUT2D eigenvalue weighted by molar-refractivity contribution is 9.10. The lowest BCUT2D eigenvalue weighted by Crippen LogP contribution is -2.04. The lowest BCUT2D eigenvalue weighted by molar-refractivity contribution is 0.765. The third-order valence-electron chi connectivity index (χ3n) is 3.98. The Labute approximate surface area is 133 Å². The molecular weight excluding hydrogens is 328 g/mol. The number of pyridine rings is 1. The molecule has 0 aliphatic carbocycles. The van der Waals surface area contributed by atoms with Crippen molar-refractivity contribution in [1.29, 1.82) is 0 Å². The molecule has 0 aliphatic heterocycles. The fourth-order valence-corrected chi connectivity index (χ4v) is 5.14. The predicted octanol–water partition coefficient (Wildman–Crippen LogP) is 4.30. The summed E-state index contributed by atoms with van der Waals surface area (Å²) in [6.45, 7) is 13.7. The molecule has 0 aromatic carbocycles. The molecule has 20 heavy (non-hydrogen) atoms. The van der Waals surface area contributed by atoms with E-state index in [9.17, 15) is 0 Å². The molecule has 0 spiro atoms. The van der Waals surface area contributed by atoms with Crippen molar-refractivity contribution in [1.82, 2.24) is 9.22 Å². The van der Waals surface area contributed by atoms with Gasteiger partial charge in [0.2, 0.25) is 0 Å². The van der Waals surface area contributed by atoms with Gasteiger partial charge in [-0.25, -0.2) is 4.98 Å². The van der Waals surface area contributed by atoms with Crippen molar-refractivity contribution in [2.24, 2.45) is 0 Å². The lowest BCUT2D eigenvalue weighted by Gasteiger charge is -2.15. The summed E-state index contributed by atoms with van der Waals surface area (Å²) in [5.74, 6) is 1.56. The van der Waals surface area contributed by atoms with E-state index in [4.69, 9.17) is 4.98 Å². The zero-order chi connectivity index (χ0) is 15.2. The molecule has 2 rings (SSSR count). The van der Waals surface area contributed by atoms with Crippen molar-refractivity contribution in [2.45, 2.75) is 59.3 Å². The van der Waals surface area contributed by atoms with Crippen LogP contribution in [0.15, 0.2) is 10.7 Å². The molecule has 0 atom stereocenters. The zero-order valence-corrected chi connectivity index (χ0v) is 17.2. The molecule has 0 saturated carbocycles. The molecule has 0 bridgehead atoms. The van der Waals surface area contributed by atoms with Gasteiger partial charge < -0.3 is 4.23 Å². The Kier molecular flexibility index (Phi) is 4.45. The fourth-order valence-electron chi connectivity index (χ4n) is 3.28. The Balaban J connectivity index is 3.01. The second kappa shape index (κ2) is 5.64. The number of fused-ring (bicyclic) bond motifs is 1. The van der Waals surface area contributed by atoms with Crippen LogP contribution in [0, 0.1) is 0 Å². The third-order valence-corrected chi connectivity index (χ3v) is 5.51. The van der Waals surface area contributed by atoms with Crippen LogP contribution in [0.25, 0.3) is 11.0 Å². The SMILES string of the molecule is CC(C)c1c(Br)cnc2c1c(C(C)C)c(C(C)C)n2[SiH3]. The van der Waals surface area contributed by atoms with E-state index in [-0.39, 0.29) is 0 Å². The molecule has 2 aromatic heterocycles. The van der Waals surface area contributed by atoms with Crippen LogP contribution in [-0.2, 0) is 0 Å². The van der Waals surface area contributed by atoms with Gasteiger partial charge >= 0.3 is 0 Å². The van der Waals surface area contributed by atoms with Crippen LogP contribution in [-0.4, -0.2) is 19.6 Å². The van der Waals surface area contributed by atoms with E-state index in [1.807, 2.05) is 6.20 Å². The fraction of sp³-hybridized carbons (Fsp3) is 0.562. The summed E-state index contributed by atoms with van der Waals surface area (Å²) < 4.78 is 3.57. The van der Waals surface area contributed by atoms with Gasteiger partial charge in [-0.15, -0.1) is 0 Å². The second-order valence-electron chi connectivity index (χ2n) is 6.54. The molecule has 0 radical (unpaired) electrons. The Morgan fingerprint density at radius 1 is 1.00 bits per heavy atom. The molecule has 0 fully saturated rings. The van der Waals surface area contributed by atoms with Gasteiger partial charge in [-0.2, -0.15) is 0 Å². The minimum Gasteiger partial charge on any atom is -0.366 e. The maximum Gasteiger partial charge on any atom is 0.132 e. The molecule has 2 aromatic rings. The lowest BCUT2D eigenvalue weighted by atomic mass is 9.90. The van der Waals surface area contributed by atoms with Gasteiger partial charge in [0.15, 0.2) is 0 Å². The summed E-state index contributed by atoms with van der Waals surface area (Å²) in [6.07, 6.45) is 1.97.